The molecule has 174 valence electrons. The van der Waals surface area contributed by atoms with Gasteiger partial charge in [0, 0.05) is 50.5 Å². The monoisotopic (exact) mass is 479 g/mol. The molecule has 2 saturated heterocycles. The average molecular weight is 480 g/mol. The number of hydrogen-bond acceptors (Lipinski definition) is 6. The van der Waals surface area contributed by atoms with Crippen LogP contribution in [0.1, 0.15) is 12.0 Å². The predicted molar refractivity (Wildman–Crippen MR) is 132 cm³/mol. The number of morpholine rings is 2. The lowest BCUT2D eigenvalue weighted by molar-refractivity contribution is 0.0211. The number of aromatic nitrogens is 3. The molecule has 9 heteroatoms. The number of fused-ring (bicyclic) bond motifs is 1. The SMILES string of the molecule is Cc1ccc2cc(-c3nccn3CCC3CNCCO3)c(N3CCOCC3)nc2c1.Cl.Cl. The largest absolute Gasteiger partial charge is 0.378 e. The molecule has 2 aliphatic heterocycles. The maximum Gasteiger partial charge on any atom is 0.143 e. The number of hydrogen-bond donors (Lipinski definition) is 1. The lowest BCUT2D eigenvalue weighted by Crippen LogP contribution is -2.39. The molecule has 2 aromatic heterocycles. The molecule has 2 fully saturated rings. The van der Waals surface area contributed by atoms with E-state index in [2.05, 4.69) is 52.2 Å². The third-order valence-corrected chi connectivity index (χ3v) is 5.92. The average Bonchev–Trinajstić information content (AvgIpc) is 3.26. The Hall–Kier alpha value is -1.90. The summed E-state index contributed by atoms with van der Waals surface area (Å²) >= 11 is 0. The fourth-order valence-corrected chi connectivity index (χ4v) is 4.27. The van der Waals surface area contributed by atoms with Crippen LogP contribution in [0.3, 0.4) is 0 Å². The van der Waals surface area contributed by atoms with E-state index in [0.717, 1.165) is 87.1 Å². The van der Waals surface area contributed by atoms with Crippen molar-refractivity contribution in [2.75, 3.05) is 50.9 Å². The van der Waals surface area contributed by atoms with Crippen LogP contribution in [0.4, 0.5) is 5.82 Å². The van der Waals surface area contributed by atoms with Crippen molar-refractivity contribution in [2.24, 2.45) is 0 Å². The van der Waals surface area contributed by atoms with E-state index in [9.17, 15) is 0 Å². The second kappa shape index (κ2) is 11.3. The number of rotatable bonds is 5. The molecular formula is C23H31Cl2N5O2. The van der Waals surface area contributed by atoms with Gasteiger partial charge in [0.2, 0.25) is 0 Å². The smallest absolute Gasteiger partial charge is 0.143 e. The Balaban J connectivity index is 0.00000144. The quantitative estimate of drug-likeness (QED) is 0.604. The van der Waals surface area contributed by atoms with Crippen LogP contribution in [0.2, 0.25) is 0 Å². The minimum Gasteiger partial charge on any atom is -0.378 e. The number of halogens is 2. The Morgan fingerprint density at radius 3 is 2.75 bits per heavy atom. The molecular weight excluding hydrogens is 449 g/mol. The molecule has 2 aliphatic rings. The number of anilines is 1. The van der Waals surface area contributed by atoms with Gasteiger partial charge in [-0.15, -0.1) is 24.8 Å². The van der Waals surface area contributed by atoms with Crippen molar-refractivity contribution in [1.29, 1.82) is 0 Å². The summed E-state index contributed by atoms with van der Waals surface area (Å²) in [6.45, 7) is 8.78. The van der Waals surface area contributed by atoms with Crippen LogP contribution in [0.5, 0.6) is 0 Å². The van der Waals surface area contributed by atoms with Gasteiger partial charge in [-0.2, -0.15) is 0 Å². The first-order valence-corrected chi connectivity index (χ1v) is 10.9. The Kier molecular flexibility index (Phi) is 8.73. The van der Waals surface area contributed by atoms with Gasteiger partial charge in [-0.25, -0.2) is 9.97 Å². The number of ether oxygens (including phenoxy) is 2. The molecule has 1 N–H and O–H groups in total. The van der Waals surface area contributed by atoms with Gasteiger partial charge in [0.15, 0.2) is 0 Å². The number of aryl methyl sites for hydroxylation is 2. The van der Waals surface area contributed by atoms with E-state index < -0.39 is 0 Å². The minimum absolute atomic E-state index is 0. The van der Waals surface area contributed by atoms with Gasteiger partial charge in [0.25, 0.3) is 0 Å². The summed E-state index contributed by atoms with van der Waals surface area (Å²) in [6, 6.07) is 8.69. The van der Waals surface area contributed by atoms with Gasteiger partial charge in [0.05, 0.1) is 37.0 Å². The number of benzene rings is 1. The molecule has 0 radical (unpaired) electrons. The number of pyridine rings is 1. The van der Waals surface area contributed by atoms with Gasteiger partial charge >= 0.3 is 0 Å². The maximum absolute atomic E-state index is 5.88. The Bertz CT molecular complexity index is 1020. The summed E-state index contributed by atoms with van der Waals surface area (Å²) in [5.74, 6) is 1.97. The highest BCUT2D eigenvalue weighted by atomic mass is 35.5. The topological polar surface area (TPSA) is 64.4 Å². The molecule has 0 amide bonds. The van der Waals surface area contributed by atoms with Crippen LogP contribution < -0.4 is 10.2 Å². The van der Waals surface area contributed by atoms with Crippen molar-refractivity contribution in [3.05, 3.63) is 42.2 Å². The van der Waals surface area contributed by atoms with Crippen molar-refractivity contribution in [3.63, 3.8) is 0 Å². The first kappa shape index (κ1) is 24.7. The molecule has 32 heavy (non-hydrogen) atoms. The number of nitrogens with one attached hydrogen (secondary N) is 1. The van der Waals surface area contributed by atoms with Gasteiger partial charge in [-0.1, -0.05) is 12.1 Å². The zero-order valence-electron chi connectivity index (χ0n) is 18.3. The van der Waals surface area contributed by atoms with Crippen molar-refractivity contribution >= 4 is 41.5 Å². The van der Waals surface area contributed by atoms with E-state index in [1.54, 1.807) is 0 Å². The molecule has 0 spiro atoms. The summed E-state index contributed by atoms with van der Waals surface area (Å²) in [7, 11) is 0. The number of imidazole rings is 1. The van der Waals surface area contributed by atoms with E-state index in [0.29, 0.717) is 0 Å². The fourth-order valence-electron chi connectivity index (χ4n) is 4.27. The highest BCUT2D eigenvalue weighted by Crippen LogP contribution is 2.32. The first-order chi connectivity index (χ1) is 14.8. The van der Waals surface area contributed by atoms with Crippen LogP contribution in [0.15, 0.2) is 36.7 Å². The van der Waals surface area contributed by atoms with E-state index in [-0.39, 0.29) is 30.9 Å². The van der Waals surface area contributed by atoms with E-state index >= 15 is 0 Å². The van der Waals surface area contributed by atoms with Crippen molar-refractivity contribution in [3.8, 4) is 11.4 Å². The van der Waals surface area contributed by atoms with Crippen molar-refractivity contribution < 1.29 is 9.47 Å². The molecule has 7 nitrogen and oxygen atoms in total. The standard InChI is InChI=1S/C23H29N5O2.2ClH/c1-17-2-3-18-15-20(23(26-21(18)14-17)28-9-12-29-13-10-28)22-25-5-8-27(22)7-4-19-16-24-6-11-30-19;;/h2-3,5,8,14-15,19,24H,4,6-7,9-13,16H2,1H3;2*1H. The van der Waals surface area contributed by atoms with Gasteiger partial charge in [-0.3, -0.25) is 0 Å². The summed E-state index contributed by atoms with van der Waals surface area (Å²) in [5.41, 5.74) is 3.33. The summed E-state index contributed by atoms with van der Waals surface area (Å²) in [5, 5.41) is 4.55. The Morgan fingerprint density at radius 1 is 1.12 bits per heavy atom. The lowest BCUT2D eigenvalue weighted by atomic mass is 10.1. The van der Waals surface area contributed by atoms with E-state index in [1.807, 2.05) is 6.20 Å². The Labute approximate surface area is 201 Å². The van der Waals surface area contributed by atoms with Crippen molar-refractivity contribution in [1.82, 2.24) is 19.9 Å². The normalized spacial score (nSPS) is 18.8. The molecule has 1 aromatic carbocycles. The molecule has 0 aliphatic carbocycles. The van der Waals surface area contributed by atoms with Crippen LogP contribution in [-0.2, 0) is 16.0 Å². The highest BCUT2D eigenvalue weighted by Gasteiger charge is 2.22. The Morgan fingerprint density at radius 2 is 1.97 bits per heavy atom. The van der Waals surface area contributed by atoms with Crippen LogP contribution in [0, 0.1) is 6.92 Å². The summed E-state index contributed by atoms with van der Waals surface area (Å²) in [6.07, 6.45) is 5.17. The van der Waals surface area contributed by atoms with Gasteiger partial charge in [-0.05, 0) is 31.0 Å². The fraction of sp³-hybridized carbons (Fsp3) is 0.478. The molecule has 1 atom stereocenters. The molecule has 0 saturated carbocycles. The first-order valence-electron chi connectivity index (χ1n) is 10.9. The second-order valence-electron chi connectivity index (χ2n) is 8.08. The molecule has 0 bridgehead atoms. The highest BCUT2D eigenvalue weighted by molar-refractivity contribution is 5.88. The predicted octanol–water partition coefficient (Wildman–Crippen LogP) is 3.47. The zero-order valence-corrected chi connectivity index (χ0v) is 20.0. The third-order valence-electron chi connectivity index (χ3n) is 5.92. The molecule has 4 heterocycles. The second-order valence-corrected chi connectivity index (χ2v) is 8.08. The van der Waals surface area contributed by atoms with Gasteiger partial charge in [0.1, 0.15) is 11.6 Å². The molecule has 5 rings (SSSR count). The minimum atomic E-state index is 0. The number of nitrogens with zero attached hydrogens (tertiary/aromatic N) is 4. The maximum atomic E-state index is 5.88. The van der Waals surface area contributed by atoms with Crippen molar-refractivity contribution in [2.45, 2.75) is 26.0 Å². The summed E-state index contributed by atoms with van der Waals surface area (Å²) in [4.78, 5) is 12.2. The third kappa shape index (κ3) is 5.35. The van der Waals surface area contributed by atoms with Crippen LogP contribution in [-0.4, -0.2) is 66.6 Å². The van der Waals surface area contributed by atoms with Crippen LogP contribution in [0.25, 0.3) is 22.3 Å². The molecule has 1 unspecified atom stereocenters. The van der Waals surface area contributed by atoms with E-state index in [4.69, 9.17) is 19.4 Å². The lowest BCUT2D eigenvalue weighted by Gasteiger charge is -2.30. The van der Waals surface area contributed by atoms with Gasteiger partial charge < -0.3 is 24.3 Å². The summed E-state index contributed by atoms with van der Waals surface area (Å²) < 4.78 is 13.7. The van der Waals surface area contributed by atoms with E-state index in [1.165, 1.54) is 5.56 Å². The zero-order chi connectivity index (χ0) is 20.3. The van der Waals surface area contributed by atoms with Crippen LogP contribution >= 0.6 is 24.8 Å². The molecule has 3 aromatic rings.